The number of rotatable bonds is 8. The van der Waals surface area contributed by atoms with Gasteiger partial charge in [0, 0.05) is 23.0 Å². The number of nitrogens with zero attached hydrogens (tertiary/aromatic N) is 1. The lowest BCUT2D eigenvalue weighted by molar-refractivity contribution is -0.140. The Morgan fingerprint density at radius 2 is 1.82 bits per heavy atom. The number of sulfone groups is 1. The summed E-state index contributed by atoms with van der Waals surface area (Å²) in [6.45, 7) is 3.54. The summed E-state index contributed by atoms with van der Waals surface area (Å²) in [6, 6.07) is 6.91. The Bertz CT molecular complexity index is 1130. The van der Waals surface area contributed by atoms with Crippen LogP contribution in [0.25, 0.3) is 11.0 Å². The van der Waals surface area contributed by atoms with E-state index in [1.165, 1.54) is 0 Å². The number of carbonyl (C=O) groups is 2. The van der Waals surface area contributed by atoms with Crippen LogP contribution < -0.4 is 0 Å². The first-order valence-corrected chi connectivity index (χ1v) is 13.9. The van der Waals surface area contributed by atoms with Gasteiger partial charge in [0.25, 0.3) is 5.91 Å². The minimum absolute atomic E-state index is 0.0144. The zero-order valence-corrected chi connectivity index (χ0v) is 20.6. The highest BCUT2D eigenvalue weighted by atomic mass is 32.2. The molecule has 0 spiro atoms. The van der Waals surface area contributed by atoms with Gasteiger partial charge in [0.15, 0.2) is 16.4 Å². The number of fused-ring (bicyclic) bond motifs is 1. The van der Waals surface area contributed by atoms with Crippen LogP contribution >= 0.6 is 0 Å². The molecule has 9 heteroatoms. The molecule has 1 aromatic carbocycles. The summed E-state index contributed by atoms with van der Waals surface area (Å²) in [5.74, 6) is -0.981. The Hall–Kier alpha value is -2.39. The van der Waals surface area contributed by atoms with E-state index in [2.05, 4.69) is 0 Å². The monoisotopic (exact) mass is 491 g/mol. The molecule has 1 atom stereocenters. The van der Waals surface area contributed by atoms with Crippen molar-refractivity contribution in [2.45, 2.75) is 77.2 Å². The second kappa shape index (κ2) is 10.5. The normalized spacial score (nSPS) is 20.6. The number of benzene rings is 1. The van der Waals surface area contributed by atoms with Crippen LogP contribution in [0.5, 0.6) is 0 Å². The molecule has 186 valence electrons. The molecule has 34 heavy (non-hydrogen) atoms. The van der Waals surface area contributed by atoms with E-state index in [0.717, 1.165) is 37.5 Å². The van der Waals surface area contributed by atoms with Crippen molar-refractivity contribution in [2.24, 2.45) is 0 Å². The van der Waals surface area contributed by atoms with Crippen molar-refractivity contribution in [3.05, 3.63) is 35.6 Å². The Morgan fingerprint density at radius 3 is 2.50 bits per heavy atom. The molecule has 0 bridgehead atoms. The number of hydrogen-bond donors (Lipinski definition) is 0. The van der Waals surface area contributed by atoms with Crippen molar-refractivity contribution in [3.63, 3.8) is 0 Å². The van der Waals surface area contributed by atoms with Gasteiger partial charge in [0.05, 0.1) is 24.2 Å². The van der Waals surface area contributed by atoms with Crippen LogP contribution in [-0.4, -0.2) is 61.5 Å². The van der Waals surface area contributed by atoms with Gasteiger partial charge in [-0.2, -0.15) is 0 Å². The fourth-order valence-corrected chi connectivity index (χ4v) is 6.70. The summed E-state index contributed by atoms with van der Waals surface area (Å²) in [5, 5.41) is 0.765. The third-order valence-corrected chi connectivity index (χ3v) is 8.38. The van der Waals surface area contributed by atoms with E-state index in [9.17, 15) is 18.0 Å². The lowest BCUT2D eigenvalue weighted by Gasteiger charge is -2.38. The van der Waals surface area contributed by atoms with E-state index in [4.69, 9.17) is 13.9 Å². The van der Waals surface area contributed by atoms with E-state index in [0.29, 0.717) is 17.6 Å². The largest absolute Gasteiger partial charge is 0.450 e. The topological polar surface area (TPSA) is 103 Å². The van der Waals surface area contributed by atoms with Crippen LogP contribution in [0, 0.1) is 0 Å². The molecule has 2 fully saturated rings. The van der Waals surface area contributed by atoms with E-state index in [1.807, 2.05) is 32.0 Å². The molecule has 2 aromatic rings. The van der Waals surface area contributed by atoms with Crippen molar-refractivity contribution in [3.8, 4) is 0 Å². The van der Waals surface area contributed by atoms with Crippen molar-refractivity contribution >= 4 is 32.7 Å². The molecule has 4 rings (SSSR count). The number of carbonyl (C=O) groups excluding carboxylic acids is 2. The molecule has 1 aromatic heterocycles. The standard InChI is InChI=1S/C25H33NO7S/c1-17(2)31-14-21-20-10-6-7-11-22(20)33-24(21)25(28)32-15-23(27)26(18-8-4-3-5-9-18)19-12-13-34(29,30)16-19/h6-7,10-11,17-19H,3-5,8-9,12-16H2,1-2H3. The van der Waals surface area contributed by atoms with Gasteiger partial charge in [-0.15, -0.1) is 0 Å². The second-order valence-corrected chi connectivity index (χ2v) is 11.7. The average Bonchev–Trinajstić information content (AvgIpc) is 3.36. The van der Waals surface area contributed by atoms with Crippen LogP contribution in [0.4, 0.5) is 0 Å². The van der Waals surface area contributed by atoms with Gasteiger partial charge in [0.1, 0.15) is 5.58 Å². The Balaban J connectivity index is 1.50. The molecule has 1 aliphatic heterocycles. The number of furan rings is 1. The quantitative estimate of drug-likeness (QED) is 0.517. The van der Waals surface area contributed by atoms with Gasteiger partial charge < -0.3 is 18.8 Å². The minimum atomic E-state index is -3.15. The van der Waals surface area contributed by atoms with Gasteiger partial charge >= 0.3 is 5.97 Å². The van der Waals surface area contributed by atoms with Crippen LogP contribution in [0.1, 0.15) is 68.5 Å². The zero-order chi connectivity index (χ0) is 24.3. The van der Waals surface area contributed by atoms with Crippen molar-refractivity contribution in [1.82, 2.24) is 4.90 Å². The predicted octanol–water partition coefficient (Wildman–Crippen LogP) is 3.86. The van der Waals surface area contributed by atoms with Crippen LogP contribution in [0.3, 0.4) is 0 Å². The highest BCUT2D eigenvalue weighted by molar-refractivity contribution is 7.91. The summed E-state index contributed by atoms with van der Waals surface area (Å²) in [5.41, 5.74) is 1.14. The summed E-state index contributed by atoms with van der Waals surface area (Å²) in [7, 11) is -3.15. The maximum atomic E-state index is 13.2. The Morgan fingerprint density at radius 1 is 1.09 bits per heavy atom. The van der Waals surface area contributed by atoms with Gasteiger partial charge in [-0.05, 0) is 39.2 Å². The first-order chi connectivity index (χ1) is 16.2. The van der Waals surface area contributed by atoms with Gasteiger partial charge in [-0.3, -0.25) is 4.79 Å². The number of esters is 1. The highest BCUT2D eigenvalue weighted by Gasteiger charge is 2.39. The molecule has 1 aliphatic carbocycles. The Kier molecular flexibility index (Phi) is 7.62. The summed E-state index contributed by atoms with van der Waals surface area (Å²) < 4.78 is 41.1. The highest BCUT2D eigenvalue weighted by Crippen LogP contribution is 2.30. The molecule has 2 heterocycles. The van der Waals surface area contributed by atoms with Crippen molar-refractivity contribution in [1.29, 1.82) is 0 Å². The smallest absolute Gasteiger partial charge is 0.375 e. The van der Waals surface area contributed by atoms with E-state index < -0.39 is 22.4 Å². The van der Waals surface area contributed by atoms with Gasteiger partial charge in [-0.1, -0.05) is 37.5 Å². The Labute approximate surface area is 200 Å². The van der Waals surface area contributed by atoms with Gasteiger partial charge in [0.2, 0.25) is 5.76 Å². The van der Waals surface area contributed by atoms with Crippen LogP contribution in [-0.2, 0) is 30.7 Å². The third-order valence-electron chi connectivity index (χ3n) is 6.63. The van der Waals surface area contributed by atoms with Crippen molar-refractivity contribution in [2.75, 3.05) is 18.1 Å². The first kappa shape index (κ1) is 24.7. The molecule has 1 unspecified atom stereocenters. The zero-order valence-electron chi connectivity index (χ0n) is 19.8. The second-order valence-electron chi connectivity index (χ2n) is 9.49. The molecular weight excluding hydrogens is 458 g/mol. The fourth-order valence-electron chi connectivity index (χ4n) is 4.98. The molecule has 8 nitrogen and oxygen atoms in total. The predicted molar refractivity (Wildman–Crippen MR) is 127 cm³/mol. The van der Waals surface area contributed by atoms with E-state index in [1.54, 1.807) is 11.0 Å². The first-order valence-electron chi connectivity index (χ1n) is 12.1. The molecule has 0 radical (unpaired) electrons. The molecule has 1 saturated carbocycles. The van der Waals surface area contributed by atoms with E-state index in [-0.39, 0.29) is 48.0 Å². The fraction of sp³-hybridized carbons (Fsp3) is 0.600. The lowest BCUT2D eigenvalue weighted by atomic mass is 9.93. The number of para-hydroxylation sites is 1. The average molecular weight is 492 g/mol. The summed E-state index contributed by atoms with van der Waals surface area (Å²) >= 11 is 0. The number of amides is 1. The van der Waals surface area contributed by atoms with Gasteiger partial charge in [-0.25, -0.2) is 13.2 Å². The maximum Gasteiger partial charge on any atom is 0.375 e. The summed E-state index contributed by atoms with van der Waals surface area (Å²) in [4.78, 5) is 27.9. The molecule has 1 amide bonds. The molecular formula is C25H33NO7S. The molecule has 2 aliphatic rings. The maximum absolute atomic E-state index is 13.2. The summed E-state index contributed by atoms with van der Waals surface area (Å²) in [6.07, 6.45) is 5.21. The third kappa shape index (κ3) is 5.63. The minimum Gasteiger partial charge on any atom is -0.450 e. The van der Waals surface area contributed by atoms with Crippen molar-refractivity contribution < 1.29 is 31.9 Å². The molecule has 0 N–H and O–H groups in total. The van der Waals surface area contributed by atoms with Crippen LogP contribution in [0.2, 0.25) is 0 Å². The molecule has 1 saturated heterocycles. The number of hydrogen-bond acceptors (Lipinski definition) is 7. The van der Waals surface area contributed by atoms with E-state index >= 15 is 0 Å². The SMILES string of the molecule is CC(C)OCc1c(C(=O)OCC(=O)N(C2CCCCC2)C2CCS(=O)(=O)C2)oc2ccccc12. The lowest BCUT2D eigenvalue weighted by Crippen LogP contribution is -2.50. The number of ether oxygens (including phenoxy) is 2. The van der Waals surface area contributed by atoms with Crippen LogP contribution in [0.15, 0.2) is 28.7 Å².